The smallest absolute Gasteiger partial charge is 0.333 e. The largest absolute Gasteiger partial charge is 0.365 e. The number of nitro groups is 1. The summed E-state index contributed by atoms with van der Waals surface area (Å²) in [5.74, 6) is 0.458. The molecule has 0 atom stereocenters. The minimum atomic E-state index is -0.409. The number of nitrogens with two attached hydrogens (primary N) is 1. The average Bonchev–Trinajstić information content (AvgIpc) is 2.48. The van der Waals surface area contributed by atoms with Crippen LogP contribution in [0, 0.1) is 17.0 Å². The third-order valence-electron chi connectivity index (χ3n) is 2.30. The predicted molar refractivity (Wildman–Crippen MR) is 61.4 cm³/mol. The summed E-state index contributed by atoms with van der Waals surface area (Å²) in [6, 6.07) is 0. The Morgan fingerprint density at radius 2 is 2.25 bits per heavy atom. The zero-order valence-corrected chi connectivity index (χ0v) is 9.56. The van der Waals surface area contributed by atoms with E-state index >= 15 is 0 Å². The summed E-state index contributed by atoms with van der Waals surface area (Å²) >= 11 is 0. The van der Waals surface area contributed by atoms with E-state index in [0.29, 0.717) is 24.6 Å². The average molecular weight is 227 g/mol. The lowest BCUT2D eigenvalue weighted by molar-refractivity contribution is -0.384. The molecule has 0 fully saturated rings. The molecule has 16 heavy (non-hydrogen) atoms. The normalized spacial score (nSPS) is 10.4. The molecular formula is C9H17N5O2. The summed E-state index contributed by atoms with van der Waals surface area (Å²) in [7, 11) is 1.69. The van der Waals surface area contributed by atoms with Crippen LogP contribution in [-0.2, 0) is 7.05 Å². The van der Waals surface area contributed by atoms with Gasteiger partial charge in [-0.05, 0) is 26.3 Å². The topological polar surface area (TPSA) is 99.0 Å². The van der Waals surface area contributed by atoms with Crippen molar-refractivity contribution in [1.82, 2.24) is 9.78 Å². The SMILES string of the molecule is Cc1nn(C)c(NCCCCN)c1[N+](=O)[O-]. The second kappa shape index (κ2) is 5.45. The van der Waals surface area contributed by atoms with E-state index in [1.165, 1.54) is 4.68 Å². The highest BCUT2D eigenvalue weighted by Crippen LogP contribution is 2.26. The van der Waals surface area contributed by atoms with Gasteiger partial charge in [0.2, 0.25) is 5.82 Å². The van der Waals surface area contributed by atoms with Crippen molar-refractivity contribution in [2.75, 3.05) is 18.4 Å². The molecule has 0 aromatic carbocycles. The number of rotatable bonds is 6. The second-order valence-electron chi connectivity index (χ2n) is 3.59. The number of hydrogen-bond acceptors (Lipinski definition) is 5. The Morgan fingerprint density at radius 1 is 1.56 bits per heavy atom. The lowest BCUT2D eigenvalue weighted by Crippen LogP contribution is -2.09. The molecule has 1 rings (SSSR count). The quantitative estimate of drug-likeness (QED) is 0.425. The van der Waals surface area contributed by atoms with Gasteiger partial charge >= 0.3 is 5.69 Å². The minimum Gasteiger partial charge on any atom is -0.365 e. The summed E-state index contributed by atoms with van der Waals surface area (Å²) in [6.45, 7) is 2.92. The number of aryl methyl sites for hydroxylation is 2. The Bertz CT molecular complexity index is 374. The molecule has 3 N–H and O–H groups in total. The number of unbranched alkanes of at least 4 members (excludes halogenated alkanes) is 1. The van der Waals surface area contributed by atoms with Crippen molar-refractivity contribution in [3.63, 3.8) is 0 Å². The molecule has 0 aliphatic carbocycles. The van der Waals surface area contributed by atoms with Gasteiger partial charge in [-0.25, -0.2) is 4.68 Å². The van der Waals surface area contributed by atoms with E-state index in [4.69, 9.17) is 5.73 Å². The van der Waals surface area contributed by atoms with Crippen LogP contribution in [0.5, 0.6) is 0 Å². The zero-order valence-electron chi connectivity index (χ0n) is 9.56. The maximum absolute atomic E-state index is 10.8. The van der Waals surface area contributed by atoms with E-state index < -0.39 is 4.92 Å². The van der Waals surface area contributed by atoms with Gasteiger partial charge in [-0.1, -0.05) is 0 Å². The summed E-state index contributed by atoms with van der Waals surface area (Å²) in [6.07, 6.45) is 1.79. The molecule has 1 heterocycles. The van der Waals surface area contributed by atoms with Crippen LogP contribution in [0.4, 0.5) is 11.5 Å². The predicted octanol–water partition coefficient (Wildman–Crippen LogP) is 0.788. The second-order valence-corrected chi connectivity index (χ2v) is 3.59. The fourth-order valence-corrected chi connectivity index (χ4v) is 1.54. The molecule has 7 nitrogen and oxygen atoms in total. The fraction of sp³-hybridized carbons (Fsp3) is 0.667. The molecule has 0 spiro atoms. The highest BCUT2D eigenvalue weighted by atomic mass is 16.6. The first-order chi connectivity index (χ1) is 7.57. The molecule has 1 aromatic rings. The van der Waals surface area contributed by atoms with Crippen LogP contribution in [0.3, 0.4) is 0 Å². The molecule has 90 valence electrons. The number of anilines is 1. The minimum absolute atomic E-state index is 0.0512. The maximum atomic E-state index is 10.8. The molecule has 7 heteroatoms. The maximum Gasteiger partial charge on any atom is 0.333 e. The number of nitrogens with one attached hydrogen (secondary N) is 1. The van der Waals surface area contributed by atoms with E-state index in [2.05, 4.69) is 10.4 Å². The molecule has 1 aromatic heterocycles. The first-order valence-corrected chi connectivity index (χ1v) is 5.19. The summed E-state index contributed by atoms with van der Waals surface area (Å²) < 4.78 is 1.50. The van der Waals surface area contributed by atoms with Gasteiger partial charge in [0.15, 0.2) is 0 Å². The Kier molecular flexibility index (Phi) is 4.24. The monoisotopic (exact) mass is 227 g/mol. The molecule has 0 aliphatic rings. The van der Waals surface area contributed by atoms with E-state index in [0.717, 1.165) is 12.8 Å². The van der Waals surface area contributed by atoms with Gasteiger partial charge in [0.1, 0.15) is 5.69 Å². The number of aromatic nitrogens is 2. The Hall–Kier alpha value is -1.63. The summed E-state index contributed by atoms with van der Waals surface area (Å²) in [5.41, 5.74) is 5.84. The fourth-order valence-electron chi connectivity index (χ4n) is 1.54. The molecule has 0 radical (unpaired) electrons. The molecule has 0 amide bonds. The lowest BCUT2D eigenvalue weighted by atomic mass is 10.3. The summed E-state index contributed by atoms with van der Waals surface area (Å²) in [5, 5.41) is 17.9. The molecule has 0 unspecified atom stereocenters. The van der Waals surface area contributed by atoms with Crippen molar-refractivity contribution in [2.24, 2.45) is 12.8 Å². The van der Waals surface area contributed by atoms with Crippen LogP contribution in [0.25, 0.3) is 0 Å². The Balaban J connectivity index is 2.74. The zero-order chi connectivity index (χ0) is 12.1. The third kappa shape index (κ3) is 2.69. The van der Waals surface area contributed by atoms with E-state index in [9.17, 15) is 10.1 Å². The molecule has 0 bridgehead atoms. The standard InChI is InChI=1S/C9H17N5O2/c1-7-8(14(15)16)9(13(2)12-7)11-6-4-3-5-10/h11H,3-6,10H2,1-2H3. The van der Waals surface area contributed by atoms with Gasteiger partial charge in [-0.2, -0.15) is 5.10 Å². The van der Waals surface area contributed by atoms with Crippen molar-refractivity contribution < 1.29 is 4.92 Å². The van der Waals surface area contributed by atoms with Crippen molar-refractivity contribution in [1.29, 1.82) is 0 Å². The van der Waals surface area contributed by atoms with Crippen molar-refractivity contribution in [3.05, 3.63) is 15.8 Å². The van der Waals surface area contributed by atoms with Crippen LogP contribution in [0.15, 0.2) is 0 Å². The van der Waals surface area contributed by atoms with E-state index in [-0.39, 0.29) is 5.69 Å². The Morgan fingerprint density at radius 3 is 2.81 bits per heavy atom. The highest BCUT2D eigenvalue weighted by Gasteiger charge is 2.23. The lowest BCUT2D eigenvalue weighted by Gasteiger charge is -2.04. The van der Waals surface area contributed by atoms with Crippen LogP contribution in [-0.4, -0.2) is 27.8 Å². The molecule has 0 saturated heterocycles. The van der Waals surface area contributed by atoms with Gasteiger partial charge < -0.3 is 11.1 Å². The van der Waals surface area contributed by atoms with Crippen LogP contribution >= 0.6 is 0 Å². The van der Waals surface area contributed by atoms with Crippen LogP contribution in [0.1, 0.15) is 18.5 Å². The van der Waals surface area contributed by atoms with Crippen LogP contribution in [0.2, 0.25) is 0 Å². The van der Waals surface area contributed by atoms with Crippen molar-refractivity contribution in [3.8, 4) is 0 Å². The van der Waals surface area contributed by atoms with Crippen molar-refractivity contribution >= 4 is 11.5 Å². The first-order valence-electron chi connectivity index (χ1n) is 5.19. The summed E-state index contributed by atoms with van der Waals surface area (Å²) in [4.78, 5) is 10.4. The first kappa shape index (κ1) is 12.4. The van der Waals surface area contributed by atoms with Crippen LogP contribution < -0.4 is 11.1 Å². The molecule has 0 saturated carbocycles. The van der Waals surface area contributed by atoms with Gasteiger partial charge in [0, 0.05) is 13.6 Å². The number of nitrogens with zero attached hydrogens (tertiary/aromatic N) is 3. The number of hydrogen-bond donors (Lipinski definition) is 2. The highest BCUT2D eigenvalue weighted by molar-refractivity contribution is 5.59. The van der Waals surface area contributed by atoms with Gasteiger partial charge in [-0.3, -0.25) is 10.1 Å². The van der Waals surface area contributed by atoms with Gasteiger partial charge in [0.05, 0.1) is 4.92 Å². The van der Waals surface area contributed by atoms with Gasteiger partial charge in [-0.15, -0.1) is 0 Å². The third-order valence-corrected chi connectivity index (χ3v) is 2.30. The van der Waals surface area contributed by atoms with Crippen molar-refractivity contribution in [2.45, 2.75) is 19.8 Å². The van der Waals surface area contributed by atoms with E-state index in [1.807, 2.05) is 0 Å². The Labute approximate surface area is 93.8 Å². The van der Waals surface area contributed by atoms with E-state index in [1.54, 1.807) is 14.0 Å². The molecule has 0 aliphatic heterocycles. The van der Waals surface area contributed by atoms with Gasteiger partial charge in [0.25, 0.3) is 0 Å². The molecular weight excluding hydrogens is 210 g/mol.